The maximum Gasteiger partial charge on any atom is 0.223 e. The molecule has 0 spiro atoms. The third-order valence-electron chi connectivity index (χ3n) is 6.69. The summed E-state index contributed by atoms with van der Waals surface area (Å²) in [5.74, 6) is 1.25. The quantitative estimate of drug-likeness (QED) is 0.462. The normalized spacial score (nSPS) is 14.8. The number of amides is 1. The van der Waals surface area contributed by atoms with Gasteiger partial charge in [-0.1, -0.05) is 35.9 Å². The number of hydrogen-bond acceptors (Lipinski definition) is 4. The van der Waals surface area contributed by atoms with Gasteiger partial charge in [-0.2, -0.15) is 0 Å². The van der Waals surface area contributed by atoms with E-state index in [1.54, 1.807) is 0 Å². The van der Waals surface area contributed by atoms with E-state index in [1.165, 1.54) is 16.7 Å². The van der Waals surface area contributed by atoms with Crippen LogP contribution in [0.4, 0.5) is 5.95 Å². The Bertz CT molecular complexity index is 1110. The van der Waals surface area contributed by atoms with Crippen LogP contribution in [-0.2, 0) is 16.1 Å². The molecular weight excluding hydrogens is 424 g/mol. The van der Waals surface area contributed by atoms with Gasteiger partial charge in [-0.25, -0.2) is 4.98 Å². The molecule has 6 nitrogen and oxygen atoms in total. The zero-order valence-electron chi connectivity index (χ0n) is 21.0. The van der Waals surface area contributed by atoms with Gasteiger partial charge in [-0.3, -0.25) is 4.79 Å². The van der Waals surface area contributed by atoms with E-state index in [1.807, 2.05) is 19.9 Å². The van der Waals surface area contributed by atoms with Crippen LogP contribution in [-0.4, -0.2) is 47.8 Å². The molecule has 0 aliphatic carbocycles. The van der Waals surface area contributed by atoms with Crippen molar-refractivity contribution in [3.63, 3.8) is 0 Å². The average molecular weight is 463 g/mol. The van der Waals surface area contributed by atoms with E-state index in [9.17, 15) is 4.79 Å². The Hall–Kier alpha value is -2.86. The predicted octanol–water partition coefficient (Wildman–Crippen LogP) is 4.85. The van der Waals surface area contributed by atoms with Crippen LogP contribution in [0.3, 0.4) is 0 Å². The number of anilines is 1. The lowest BCUT2D eigenvalue weighted by Gasteiger charge is -2.32. The molecule has 0 atom stereocenters. The van der Waals surface area contributed by atoms with Gasteiger partial charge in [0.1, 0.15) is 0 Å². The number of aryl methyl sites for hydroxylation is 2. The van der Waals surface area contributed by atoms with Crippen LogP contribution in [0.5, 0.6) is 0 Å². The minimum Gasteiger partial charge on any atom is -0.379 e. The van der Waals surface area contributed by atoms with Crippen LogP contribution in [0, 0.1) is 19.8 Å². The minimum absolute atomic E-state index is 0.0686. The molecule has 0 radical (unpaired) electrons. The number of benzene rings is 2. The van der Waals surface area contributed by atoms with Crippen LogP contribution in [0.1, 0.15) is 49.8 Å². The summed E-state index contributed by atoms with van der Waals surface area (Å²) in [4.78, 5) is 20.0. The summed E-state index contributed by atoms with van der Waals surface area (Å²) in [5.41, 5.74) is 6.06. The number of imidazole rings is 1. The molecule has 2 heterocycles. The van der Waals surface area contributed by atoms with Crippen molar-refractivity contribution in [2.24, 2.45) is 5.92 Å². The van der Waals surface area contributed by atoms with Crippen LogP contribution in [0.15, 0.2) is 42.5 Å². The van der Waals surface area contributed by atoms with Gasteiger partial charge in [0, 0.05) is 32.2 Å². The molecular formula is C28H38N4O2. The lowest BCUT2D eigenvalue weighted by molar-refractivity contribution is -0.125. The van der Waals surface area contributed by atoms with Gasteiger partial charge in [0.05, 0.1) is 23.7 Å². The molecule has 2 aromatic carbocycles. The second-order valence-electron chi connectivity index (χ2n) is 9.74. The number of nitrogens with zero attached hydrogens (tertiary/aromatic N) is 3. The van der Waals surface area contributed by atoms with E-state index in [-0.39, 0.29) is 17.9 Å². The van der Waals surface area contributed by atoms with E-state index in [0.717, 1.165) is 55.9 Å². The average Bonchev–Trinajstić information content (AvgIpc) is 3.19. The van der Waals surface area contributed by atoms with E-state index in [2.05, 4.69) is 65.0 Å². The van der Waals surface area contributed by atoms with E-state index >= 15 is 0 Å². The van der Waals surface area contributed by atoms with Crippen molar-refractivity contribution in [1.29, 1.82) is 0 Å². The smallest absolute Gasteiger partial charge is 0.223 e. The monoisotopic (exact) mass is 462 g/mol. The molecule has 3 aromatic rings. The number of para-hydroxylation sites is 2. The number of rotatable bonds is 9. The van der Waals surface area contributed by atoms with Crippen LogP contribution in [0.2, 0.25) is 0 Å². The van der Waals surface area contributed by atoms with Gasteiger partial charge in [-0.05, 0) is 70.2 Å². The summed E-state index contributed by atoms with van der Waals surface area (Å²) < 4.78 is 7.90. The molecule has 1 aliphatic heterocycles. The highest BCUT2D eigenvalue weighted by molar-refractivity contribution is 5.80. The van der Waals surface area contributed by atoms with Crippen molar-refractivity contribution in [2.45, 2.75) is 59.6 Å². The van der Waals surface area contributed by atoms with E-state index in [0.29, 0.717) is 13.2 Å². The summed E-state index contributed by atoms with van der Waals surface area (Å²) in [6, 6.07) is 15.0. The zero-order chi connectivity index (χ0) is 24.1. The second-order valence-corrected chi connectivity index (χ2v) is 9.74. The molecule has 34 heavy (non-hydrogen) atoms. The third kappa shape index (κ3) is 5.79. The maximum absolute atomic E-state index is 12.7. The second kappa shape index (κ2) is 11.0. The Kier molecular flexibility index (Phi) is 7.88. The first-order chi connectivity index (χ1) is 16.4. The molecule has 4 rings (SSSR count). The molecule has 1 aromatic heterocycles. The highest BCUT2D eigenvalue weighted by atomic mass is 16.5. The molecule has 0 unspecified atom stereocenters. The molecule has 0 saturated carbocycles. The number of piperidine rings is 1. The molecule has 6 heteroatoms. The number of fused-ring (bicyclic) bond motifs is 1. The van der Waals surface area contributed by atoms with Crippen molar-refractivity contribution < 1.29 is 9.53 Å². The highest BCUT2D eigenvalue weighted by Crippen LogP contribution is 2.28. The Balaban J connectivity index is 1.43. The van der Waals surface area contributed by atoms with Crippen molar-refractivity contribution in [3.8, 4) is 0 Å². The van der Waals surface area contributed by atoms with Gasteiger partial charge in [0.15, 0.2) is 0 Å². The number of carbonyl (C=O) groups is 1. The first kappa shape index (κ1) is 24.3. The molecule has 1 aliphatic rings. The Morgan fingerprint density at radius 1 is 1.15 bits per heavy atom. The van der Waals surface area contributed by atoms with Gasteiger partial charge in [-0.15, -0.1) is 0 Å². The van der Waals surface area contributed by atoms with Crippen LogP contribution < -0.4 is 10.2 Å². The highest BCUT2D eigenvalue weighted by Gasteiger charge is 2.27. The van der Waals surface area contributed by atoms with Crippen molar-refractivity contribution in [1.82, 2.24) is 14.9 Å². The fraction of sp³-hybridized carbons (Fsp3) is 0.500. The zero-order valence-corrected chi connectivity index (χ0v) is 21.0. The summed E-state index contributed by atoms with van der Waals surface area (Å²) >= 11 is 0. The number of ether oxygens (including phenoxy) is 1. The fourth-order valence-corrected chi connectivity index (χ4v) is 4.69. The topological polar surface area (TPSA) is 59.4 Å². The standard InChI is InChI=1S/C28H38N4O2/c1-20(2)34-17-7-14-29-27(33)23-12-15-31(16-13-23)28-30-25-8-5-6-9-26(25)32(28)19-24-18-21(3)10-11-22(24)4/h5-6,8-11,18,20,23H,7,12-17,19H2,1-4H3,(H,29,33). The molecule has 0 bridgehead atoms. The third-order valence-corrected chi connectivity index (χ3v) is 6.69. The maximum atomic E-state index is 12.7. The van der Waals surface area contributed by atoms with Crippen molar-refractivity contribution >= 4 is 22.9 Å². The molecule has 182 valence electrons. The summed E-state index contributed by atoms with van der Waals surface area (Å²) in [6.07, 6.45) is 2.78. The summed E-state index contributed by atoms with van der Waals surface area (Å²) in [7, 11) is 0. The van der Waals surface area contributed by atoms with Crippen LogP contribution >= 0.6 is 0 Å². The fourth-order valence-electron chi connectivity index (χ4n) is 4.69. The van der Waals surface area contributed by atoms with E-state index in [4.69, 9.17) is 9.72 Å². The van der Waals surface area contributed by atoms with Crippen molar-refractivity contribution in [3.05, 3.63) is 59.2 Å². The van der Waals surface area contributed by atoms with Gasteiger partial charge in [0.2, 0.25) is 11.9 Å². The number of aromatic nitrogens is 2. The largest absolute Gasteiger partial charge is 0.379 e. The van der Waals surface area contributed by atoms with Crippen molar-refractivity contribution in [2.75, 3.05) is 31.1 Å². The lowest BCUT2D eigenvalue weighted by atomic mass is 9.96. The molecule has 1 fully saturated rings. The van der Waals surface area contributed by atoms with Crippen LogP contribution in [0.25, 0.3) is 11.0 Å². The lowest BCUT2D eigenvalue weighted by Crippen LogP contribution is -2.41. The summed E-state index contributed by atoms with van der Waals surface area (Å²) in [5, 5.41) is 3.10. The Morgan fingerprint density at radius 2 is 1.91 bits per heavy atom. The number of hydrogen-bond donors (Lipinski definition) is 1. The predicted molar refractivity (Wildman–Crippen MR) is 138 cm³/mol. The number of nitrogens with one attached hydrogen (secondary N) is 1. The first-order valence-corrected chi connectivity index (χ1v) is 12.6. The molecule has 1 saturated heterocycles. The Labute approximate surface area is 203 Å². The van der Waals surface area contributed by atoms with E-state index < -0.39 is 0 Å². The number of carbonyl (C=O) groups excluding carboxylic acids is 1. The molecule has 1 N–H and O–H groups in total. The van der Waals surface area contributed by atoms with Gasteiger partial charge in [0.25, 0.3) is 0 Å². The SMILES string of the molecule is Cc1ccc(C)c(Cn2c(N3CCC(C(=O)NCCCOC(C)C)CC3)nc3ccccc32)c1. The Morgan fingerprint density at radius 3 is 2.68 bits per heavy atom. The summed E-state index contributed by atoms with van der Waals surface area (Å²) in [6.45, 7) is 12.2. The minimum atomic E-state index is 0.0686. The van der Waals surface area contributed by atoms with Gasteiger partial charge < -0.3 is 19.5 Å². The van der Waals surface area contributed by atoms with Gasteiger partial charge >= 0.3 is 0 Å². The first-order valence-electron chi connectivity index (χ1n) is 12.6. The molecule has 1 amide bonds.